The van der Waals surface area contributed by atoms with E-state index in [1.807, 2.05) is 44.2 Å². The Balaban J connectivity index is 1.50. The molecule has 0 saturated carbocycles. The molecule has 0 aliphatic carbocycles. The van der Waals surface area contributed by atoms with E-state index in [2.05, 4.69) is 16.3 Å². The third kappa shape index (κ3) is 6.32. The first-order valence-corrected chi connectivity index (χ1v) is 11.0. The topological polar surface area (TPSA) is 85.7 Å². The molecule has 1 unspecified atom stereocenters. The predicted molar refractivity (Wildman–Crippen MR) is 122 cm³/mol. The van der Waals surface area contributed by atoms with Crippen LogP contribution in [0.5, 0.6) is 5.75 Å². The number of nitrogens with one attached hydrogen (secondary N) is 1. The summed E-state index contributed by atoms with van der Waals surface area (Å²) in [7, 11) is 0. The van der Waals surface area contributed by atoms with Crippen LogP contribution in [-0.2, 0) is 16.1 Å². The van der Waals surface area contributed by atoms with Crippen LogP contribution >= 0.6 is 0 Å². The fraction of sp³-hybridized carbons (Fsp3) is 0.400. The van der Waals surface area contributed by atoms with Gasteiger partial charge in [0.2, 0.25) is 5.91 Å². The summed E-state index contributed by atoms with van der Waals surface area (Å²) in [4.78, 5) is 29.3. The largest absolute Gasteiger partial charge is 0.479 e. The maximum absolute atomic E-state index is 13.2. The van der Waals surface area contributed by atoms with Crippen LogP contribution in [0.3, 0.4) is 0 Å². The van der Waals surface area contributed by atoms with Gasteiger partial charge in [0.05, 0.1) is 12.1 Å². The standard InChI is InChI=1S/C25H30N4O3/c1-19(2)24(32-22-11-7-6-10-21(22)16-26)25(31)29-14-12-28(13-15-29)18-23(30)27-17-20-8-4-3-5-9-20/h3-11,19,24H,12-15,17-18H2,1-2H3,(H,27,30). The van der Waals surface area contributed by atoms with Crippen LogP contribution in [0, 0.1) is 17.2 Å². The van der Waals surface area contributed by atoms with Crippen molar-refractivity contribution in [2.75, 3.05) is 32.7 Å². The molecule has 3 rings (SSSR count). The lowest BCUT2D eigenvalue weighted by atomic mass is 10.0. The van der Waals surface area contributed by atoms with Crippen molar-refractivity contribution in [3.05, 3.63) is 65.7 Å². The molecule has 2 aromatic rings. The molecule has 2 aromatic carbocycles. The van der Waals surface area contributed by atoms with E-state index in [0.717, 1.165) is 5.56 Å². The fourth-order valence-corrected chi connectivity index (χ4v) is 3.63. The van der Waals surface area contributed by atoms with Crippen LogP contribution in [0.15, 0.2) is 54.6 Å². The number of rotatable bonds is 8. The van der Waals surface area contributed by atoms with E-state index in [-0.39, 0.29) is 17.7 Å². The molecule has 168 valence electrons. The van der Waals surface area contributed by atoms with Crippen LogP contribution in [0.1, 0.15) is 25.0 Å². The quantitative estimate of drug-likeness (QED) is 0.690. The highest BCUT2D eigenvalue weighted by atomic mass is 16.5. The number of piperazine rings is 1. The molecular weight excluding hydrogens is 404 g/mol. The van der Waals surface area contributed by atoms with Gasteiger partial charge in [-0.2, -0.15) is 5.26 Å². The molecule has 0 bridgehead atoms. The number of nitriles is 1. The minimum atomic E-state index is -0.662. The van der Waals surface area contributed by atoms with E-state index in [1.165, 1.54) is 0 Å². The van der Waals surface area contributed by atoms with Gasteiger partial charge in [-0.25, -0.2) is 0 Å². The average molecular weight is 435 g/mol. The maximum Gasteiger partial charge on any atom is 0.264 e. The van der Waals surface area contributed by atoms with Gasteiger partial charge >= 0.3 is 0 Å². The van der Waals surface area contributed by atoms with E-state index in [9.17, 15) is 14.9 Å². The Labute approximate surface area is 189 Å². The van der Waals surface area contributed by atoms with Gasteiger partial charge in [0, 0.05) is 32.7 Å². The Hall–Kier alpha value is -3.37. The summed E-state index contributed by atoms with van der Waals surface area (Å²) in [6, 6.07) is 18.9. The second-order valence-corrected chi connectivity index (χ2v) is 8.25. The predicted octanol–water partition coefficient (Wildman–Crippen LogP) is 2.42. The Morgan fingerprint density at radius 2 is 1.69 bits per heavy atom. The molecule has 1 aliphatic heterocycles. The van der Waals surface area contributed by atoms with Gasteiger partial charge in [0.1, 0.15) is 11.8 Å². The normalized spacial score (nSPS) is 15.1. The van der Waals surface area contributed by atoms with Gasteiger partial charge < -0.3 is 15.0 Å². The third-order valence-corrected chi connectivity index (χ3v) is 5.49. The molecular formula is C25H30N4O3. The zero-order valence-electron chi connectivity index (χ0n) is 18.7. The molecule has 1 aliphatic rings. The summed E-state index contributed by atoms with van der Waals surface area (Å²) < 4.78 is 5.99. The number of nitrogens with zero attached hydrogens (tertiary/aromatic N) is 3. The molecule has 7 heteroatoms. The highest BCUT2D eigenvalue weighted by Crippen LogP contribution is 2.22. The number of carbonyl (C=O) groups is 2. The van der Waals surface area contributed by atoms with Crippen LogP contribution in [0.4, 0.5) is 0 Å². The van der Waals surface area contributed by atoms with Crippen molar-refractivity contribution < 1.29 is 14.3 Å². The SMILES string of the molecule is CC(C)C(Oc1ccccc1C#N)C(=O)N1CCN(CC(=O)NCc2ccccc2)CC1. The number of hydrogen-bond donors (Lipinski definition) is 1. The Kier molecular flexibility index (Phi) is 8.23. The van der Waals surface area contributed by atoms with Crippen LogP contribution in [0.25, 0.3) is 0 Å². The smallest absolute Gasteiger partial charge is 0.264 e. The van der Waals surface area contributed by atoms with Gasteiger partial charge in [-0.1, -0.05) is 56.3 Å². The molecule has 0 spiro atoms. The summed E-state index contributed by atoms with van der Waals surface area (Å²) >= 11 is 0. The third-order valence-electron chi connectivity index (χ3n) is 5.49. The first kappa shape index (κ1) is 23.3. The first-order valence-electron chi connectivity index (χ1n) is 11.0. The zero-order chi connectivity index (χ0) is 22.9. The van der Waals surface area contributed by atoms with Crippen molar-refractivity contribution in [3.63, 3.8) is 0 Å². The molecule has 0 aromatic heterocycles. The highest BCUT2D eigenvalue weighted by Gasteiger charge is 2.32. The summed E-state index contributed by atoms with van der Waals surface area (Å²) in [5, 5.41) is 12.2. The van der Waals surface area contributed by atoms with Gasteiger partial charge in [-0.3, -0.25) is 14.5 Å². The van der Waals surface area contributed by atoms with E-state index in [0.29, 0.717) is 50.6 Å². The number of hydrogen-bond acceptors (Lipinski definition) is 5. The lowest BCUT2D eigenvalue weighted by Gasteiger charge is -2.36. The summed E-state index contributed by atoms with van der Waals surface area (Å²) in [6.45, 7) is 7.03. The number of amides is 2. The number of carbonyl (C=O) groups excluding carboxylic acids is 2. The monoisotopic (exact) mass is 434 g/mol. The van der Waals surface area contributed by atoms with Crippen molar-refractivity contribution in [2.24, 2.45) is 5.92 Å². The lowest BCUT2D eigenvalue weighted by Crippen LogP contribution is -2.54. The van der Waals surface area contributed by atoms with Crippen LogP contribution in [0.2, 0.25) is 0 Å². The minimum absolute atomic E-state index is 0.0230. The number of benzene rings is 2. The van der Waals surface area contributed by atoms with Gasteiger partial charge in [0.15, 0.2) is 6.10 Å². The number of ether oxygens (including phenoxy) is 1. The van der Waals surface area contributed by atoms with Crippen molar-refractivity contribution in [2.45, 2.75) is 26.5 Å². The Morgan fingerprint density at radius 1 is 1.03 bits per heavy atom. The molecule has 1 fully saturated rings. The fourth-order valence-electron chi connectivity index (χ4n) is 3.63. The summed E-state index contributed by atoms with van der Waals surface area (Å²) in [6.07, 6.45) is -0.662. The average Bonchev–Trinajstić information content (AvgIpc) is 2.82. The van der Waals surface area contributed by atoms with Crippen LogP contribution in [-0.4, -0.2) is 60.4 Å². The molecule has 1 N–H and O–H groups in total. The van der Waals surface area contributed by atoms with E-state index >= 15 is 0 Å². The van der Waals surface area contributed by atoms with E-state index in [1.54, 1.807) is 29.2 Å². The Morgan fingerprint density at radius 3 is 2.34 bits per heavy atom. The van der Waals surface area contributed by atoms with E-state index in [4.69, 9.17) is 4.74 Å². The highest BCUT2D eigenvalue weighted by molar-refractivity contribution is 5.82. The molecule has 7 nitrogen and oxygen atoms in total. The summed E-state index contributed by atoms with van der Waals surface area (Å²) in [5.74, 6) is 0.276. The van der Waals surface area contributed by atoms with Crippen molar-refractivity contribution in [1.29, 1.82) is 5.26 Å². The van der Waals surface area contributed by atoms with Crippen molar-refractivity contribution in [1.82, 2.24) is 15.1 Å². The Bertz CT molecular complexity index is 947. The molecule has 0 radical (unpaired) electrons. The van der Waals surface area contributed by atoms with E-state index < -0.39 is 6.10 Å². The summed E-state index contributed by atoms with van der Waals surface area (Å²) in [5.41, 5.74) is 1.48. The maximum atomic E-state index is 13.2. The van der Waals surface area contributed by atoms with Gasteiger partial charge in [-0.15, -0.1) is 0 Å². The lowest BCUT2D eigenvalue weighted by molar-refractivity contribution is -0.142. The molecule has 1 heterocycles. The zero-order valence-corrected chi connectivity index (χ0v) is 18.7. The molecule has 2 amide bonds. The minimum Gasteiger partial charge on any atom is -0.479 e. The molecule has 1 saturated heterocycles. The van der Waals surface area contributed by atoms with Gasteiger partial charge in [0.25, 0.3) is 5.91 Å². The van der Waals surface area contributed by atoms with Crippen LogP contribution < -0.4 is 10.1 Å². The number of para-hydroxylation sites is 1. The van der Waals surface area contributed by atoms with Crippen molar-refractivity contribution >= 4 is 11.8 Å². The molecule has 32 heavy (non-hydrogen) atoms. The first-order chi connectivity index (χ1) is 15.5. The molecule has 1 atom stereocenters. The second-order valence-electron chi connectivity index (χ2n) is 8.25. The second kappa shape index (κ2) is 11.3. The van der Waals surface area contributed by atoms with Crippen molar-refractivity contribution in [3.8, 4) is 11.8 Å². The van der Waals surface area contributed by atoms with Gasteiger partial charge in [-0.05, 0) is 23.6 Å².